The molecule has 0 aliphatic carbocycles. The van der Waals surface area contributed by atoms with E-state index in [1.54, 1.807) is 18.2 Å². The SMILES string of the molecule is CCc1cccc(S(=O)(=O)NCCO)c1. The van der Waals surface area contributed by atoms with Crippen LogP contribution in [-0.2, 0) is 16.4 Å². The zero-order valence-corrected chi connectivity index (χ0v) is 9.42. The van der Waals surface area contributed by atoms with Gasteiger partial charge in [-0.25, -0.2) is 13.1 Å². The highest BCUT2D eigenvalue weighted by Gasteiger charge is 2.12. The Labute approximate surface area is 90.0 Å². The molecule has 0 aromatic heterocycles. The standard InChI is InChI=1S/C10H15NO3S/c1-2-9-4-3-5-10(8-9)15(13,14)11-6-7-12/h3-5,8,11-12H,2,6-7H2,1H3. The molecule has 5 heteroatoms. The number of hydrogen-bond donors (Lipinski definition) is 2. The van der Waals surface area contributed by atoms with Gasteiger partial charge in [0.1, 0.15) is 0 Å². The maximum Gasteiger partial charge on any atom is 0.240 e. The number of aryl methyl sites for hydroxylation is 1. The average molecular weight is 229 g/mol. The first-order chi connectivity index (χ1) is 7.10. The van der Waals surface area contributed by atoms with Gasteiger partial charge in [-0.15, -0.1) is 0 Å². The Bertz CT molecular complexity index is 414. The quantitative estimate of drug-likeness (QED) is 0.773. The molecule has 1 aromatic rings. The van der Waals surface area contributed by atoms with Gasteiger partial charge in [0.05, 0.1) is 11.5 Å². The Morgan fingerprint density at radius 3 is 2.73 bits per heavy atom. The number of aliphatic hydroxyl groups excluding tert-OH is 1. The summed E-state index contributed by atoms with van der Waals surface area (Å²) in [6.45, 7) is 1.80. The van der Waals surface area contributed by atoms with Gasteiger partial charge in [-0.1, -0.05) is 19.1 Å². The van der Waals surface area contributed by atoms with Crippen LogP contribution in [0.3, 0.4) is 0 Å². The summed E-state index contributed by atoms with van der Waals surface area (Å²) in [6.07, 6.45) is 0.795. The van der Waals surface area contributed by atoms with Crippen LogP contribution in [-0.4, -0.2) is 26.7 Å². The van der Waals surface area contributed by atoms with Gasteiger partial charge in [0.2, 0.25) is 10.0 Å². The fourth-order valence-electron chi connectivity index (χ4n) is 1.20. The number of sulfonamides is 1. The molecule has 4 nitrogen and oxygen atoms in total. The molecule has 2 N–H and O–H groups in total. The van der Waals surface area contributed by atoms with Gasteiger partial charge in [-0.2, -0.15) is 0 Å². The molecular formula is C10H15NO3S. The summed E-state index contributed by atoms with van der Waals surface area (Å²) in [5.41, 5.74) is 0.974. The first-order valence-corrected chi connectivity index (χ1v) is 6.28. The van der Waals surface area contributed by atoms with Crippen LogP contribution in [0.15, 0.2) is 29.2 Å². The van der Waals surface area contributed by atoms with E-state index in [4.69, 9.17) is 5.11 Å². The van der Waals surface area contributed by atoms with Crippen LogP contribution in [0, 0.1) is 0 Å². The third-order valence-electron chi connectivity index (χ3n) is 2.02. The minimum atomic E-state index is -3.47. The third-order valence-corrected chi connectivity index (χ3v) is 3.48. The Morgan fingerprint density at radius 2 is 2.13 bits per heavy atom. The largest absolute Gasteiger partial charge is 0.395 e. The lowest BCUT2D eigenvalue weighted by molar-refractivity contribution is 0.301. The summed E-state index contributed by atoms with van der Waals surface area (Å²) in [7, 11) is -3.47. The predicted octanol–water partition coefficient (Wildman–Crippen LogP) is 0.520. The van der Waals surface area contributed by atoms with Gasteiger partial charge >= 0.3 is 0 Å². The molecule has 0 heterocycles. The molecule has 0 unspecified atom stereocenters. The smallest absolute Gasteiger partial charge is 0.240 e. The van der Waals surface area contributed by atoms with Crippen LogP contribution in [0.4, 0.5) is 0 Å². The van der Waals surface area contributed by atoms with Crippen molar-refractivity contribution in [2.24, 2.45) is 0 Å². The predicted molar refractivity (Wildman–Crippen MR) is 58.1 cm³/mol. The molecule has 1 aromatic carbocycles. The van der Waals surface area contributed by atoms with Gasteiger partial charge in [0, 0.05) is 6.54 Å². The van der Waals surface area contributed by atoms with Gasteiger partial charge in [-0.3, -0.25) is 0 Å². The van der Waals surface area contributed by atoms with E-state index in [1.807, 2.05) is 13.0 Å². The molecule has 15 heavy (non-hydrogen) atoms. The van der Waals surface area contributed by atoms with E-state index in [-0.39, 0.29) is 18.0 Å². The number of aliphatic hydroxyl groups is 1. The number of rotatable bonds is 5. The summed E-state index contributed by atoms with van der Waals surface area (Å²) in [6, 6.07) is 6.77. The van der Waals surface area contributed by atoms with Gasteiger partial charge in [0.15, 0.2) is 0 Å². The van der Waals surface area contributed by atoms with Crippen molar-refractivity contribution in [2.75, 3.05) is 13.2 Å². The molecule has 1 rings (SSSR count). The van der Waals surface area contributed by atoms with Crippen LogP contribution in [0.2, 0.25) is 0 Å². The molecule has 0 fully saturated rings. The summed E-state index contributed by atoms with van der Waals surface area (Å²) < 4.78 is 25.6. The van der Waals surface area contributed by atoms with Gasteiger partial charge in [0.25, 0.3) is 0 Å². The van der Waals surface area contributed by atoms with E-state index in [0.717, 1.165) is 12.0 Å². The highest BCUT2D eigenvalue weighted by molar-refractivity contribution is 7.89. The molecule has 0 amide bonds. The molecule has 0 aliphatic rings. The van der Waals surface area contributed by atoms with E-state index in [1.165, 1.54) is 0 Å². The lowest BCUT2D eigenvalue weighted by Crippen LogP contribution is -2.26. The molecular weight excluding hydrogens is 214 g/mol. The lowest BCUT2D eigenvalue weighted by atomic mass is 10.2. The van der Waals surface area contributed by atoms with Crippen molar-refractivity contribution in [3.05, 3.63) is 29.8 Å². The van der Waals surface area contributed by atoms with Crippen LogP contribution in [0.1, 0.15) is 12.5 Å². The highest BCUT2D eigenvalue weighted by atomic mass is 32.2. The Balaban J connectivity index is 2.94. The van der Waals surface area contributed by atoms with Crippen molar-refractivity contribution in [1.82, 2.24) is 4.72 Å². The van der Waals surface area contributed by atoms with Crippen LogP contribution < -0.4 is 4.72 Å². The second kappa shape index (κ2) is 5.25. The van der Waals surface area contributed by atoms with Crippen molar-refractivity contribution < 1.29 is 13.5 Å². The van der Waals surface area contributed by atoms with Crippen molar-refractivity contribution in [1.29, 1.82) is 0 Å². The van der Waals surface area contributed by atoms with Gasteiger partial charge in [-0.05, 0) is 24.1 Å². The van der Waals surface area contributed by atoms with Crippen molar-refractivity contribution in [2.45, 2.75) is 18.2 Å². The highest BCUT2D eigenvalue weighted by Crippen LogP contribution is 2.11. The normalized spacial score (nSPS) is 11.6. The minimum Gasteiger partial charge on any atom is -0.395 e. The molecule has 0 atom stereocenters. The van der Waals surface area contributed by atoms with Crippen LogP contribution >= 0.6 is 0 Å². The number of hydrogen-bond acceptors (Lipinski definition) is 3. The summed E-state index contributed by atoms with van der Waals surface area (Å²) >= 11 is 0. The monoisotopic (exact) mass is 229 g/mol. The van der Waals surface area contributed by atoms with Crippen LogP contribution in [0.25, 0.3) is 0 Å². The van der Waals surface area contributed by atoms with Gasteiger partial charge < -0.3 is 5.11 Å². The molecule has 0 saturated heterocycles. The maximum absolute atomic E-state index is 11.6. The molecule has 0 spiro atoms. The second-order valence-corrected chi connectivity index (χ2v) is 4.89. The summed E-state index contributed by atoms with van der Waals surface area (Å²) in [4.78, 5) is 0.246. The minimum absolute atomic E-state index is 0.0404. The Kier molecular flexibility index (Phi) is 4.26. The van der Waals surface area contributed by atoms with E-state index < -0.39 is 10.0 Å². The van der Waals surface area contributed by atoms with E-state index in [0.29, 0.717) is 0 Å². The van der Waals surface area contributed by atoms with Crippen molar-refractivity contribution >= 4 is 10.0 Å². The summed E-state index contributed by atoms with van der Waals surface area (Å²) in [5, 5.41) is 8.55. The first-order valence-electron chi connectivity index (χ1n) is 4.79. The molecule has 0 saturated carbocycles. The zero-order valence-electron chi connectivity index (χ0n) is 8.60. The fraction of sp³-hybridized carbons (Fsp3) is 0.400. The van der Waals surface area contributed by atoms with E-state index in [2.05, 4.69) is 4.72 Å². The fourth-order valence-corrected chi connectivity index (χ4v) is 2.29. The molecule has 0 aliphatic heterocycles. The number of nitrogens with one attached hydrogen (secondary N) is 1. The second-order valence-electron chi connectivity index (χ2n) is 3.12. The first kappa shape index (κ1) is 12.2. The topological polar surface area (TPSA) is 66.4 Å². The Hall–Kier alpha value is -0.910. The molecule has 0 radical (unpaired) electrons. The van der Waals surface area contributed by atoms with Crippen LogP contribution in [0.5, 0.6) is 0 Å². The van der Waals surface area contributed by atoms with E-state index >= 15 is 0 Å². The molecule has 0 bridgehead atoms. The van der Waals surface area contributed by atoms with E-state index in [9.17, 15) is 8.42 Å². The van der Waals surface area contributed by atoms with Crippen molar-refractivity contribution in [3.8, 4) is 0 Å². The summed E-state index contributed by atoms with van der Waals surface area (Å²) in [5.74, 6) is 0. The van der Waals surface area contributed by atoms with Crippen molar-refractivity contribution in [3.63, 3.8) is 0 Å². The zero-order chi connectivity index (χ0) is 11.3. The average Bonchev–Trinajstić information content (AvgIpc) is 2.26. The third kappa shape index (κ3) is 3.30. The Morgan fingerprint density at radius 1 is 1.40 bits per heavy atom. The lowest BCUT2D eigenvalue weighted by Gasteiger charge is -2.06. The molecule has 84 valence electrons. The number of benzene rings is 1. The maximum atomic E-state index is 11.6.